The minimum atomic E-state index is 0.937. The highest BCUT2D eigenvalue weighted by Gasteiger charge is 2.46. The van der Waals surface area contributed by atoms with Crippen molar-refractivity contribution in [2.75, 3.05) is 0 Å². The second-order valence-corrected chi connectivity index (χ2v) is 4.63. The first-order valence-corrected chi connectivity index (χ1v) is 4.77. The zero-order valence-electron chi connectivity index (χ0n) is 7.14. The molecule has 2 saturated carbocycles. The van der Waals surface area contributed by atoms with Gasteiger partial charge in [-0.25, -0.2) is 0 Å². The number of fused-ring (bicyclic) bond motifs is 1. The molecule has 0 heterocycles. The normalized spacial score (nSPS) is 44.1. The van der Waals surface area contributed by atoms with Crippen LogP contribution in [0.2, 0.25) is 0 Å². The van der Waals surface area contributed by atoms with Crippen LogP contribution in [-0.4, -0.2) is 0 Å². The molecule has 2 aliphatic rings. The maximum Gasteiger partial charge on any atom is -0.0357 e. The second-order valence-electron chi connectivity index (χ2n) is 4.63. The van der Waals surface area contributed by atoms with Gasteiger partial charge in [-0.05, 0) is 49.4 Å². The zero-order valence-corrected chi connectivity index (χ0v) is 7.14. The van der Waals surface area contributed by atoms with Gasteiger partial charge in [0.1, 0.15) is 0 Å². The summed E-state index contributed by atoms with van der Waals surface area (Å²) in [7, 11) is 0. The molecule has 58 valence electrons. The number of hydrogen-bond donors (Lipinski definition) is 0. The largest absolute Gasteiger partial charge is 0.0628 e. The molecule has 0 bridgehead atoms. The average Bonchev–Trinajstić information content (AvgIpc) is 1.80. The monoisotopic (exact) mass is 138 g/mol. The van der Waals surface area contributed by atoms with Gasteiger partial charge in [-0.3, -0.25) is 0 Å². The maximum atomic E-state index is 2.35. The summed E-state index contributed by atoms with van der Waals surface area (Å²) >= 11 is 0. The van der Waals surface area contributed by atoms with Crippen molar-refractivity contribution in [1.82, 2.24) is 0 Å². The van der Waals surface area contributed by atoms with Crippen LogP contribution in [0.4, 0.5) is 0 Å². The third kappa shape index (κ3) is 0.889. The summed E-state index contributed by atoms with van der Waals surface area (Å²) in [5.41, 5.74) is 0. The molecule has 0 aromatic rings. The molecule has 2 rings (SSSR count). The fourth-order valence-electron chi connectivity index (χ4n) is 2.75. The predicted octanol–water partition coefficient (Wildman–Crippen LogP) is 3.08. The lowest BCUT2D eigenvalue weighted by Crippen LogP contribution is -2.44. The molecule has 0 aliphatic heterocycles. The van der Waals surface area contributed by atoms with Gasteiger partial charge in [-0.15, -0.1) is 0 Å². The summed E-state index contributed by atoms with van der Waals surface area (Å²) in [5.74, 6) is 4.44. The zero-order chi connectivity index (χ0) is 7.14. The highest BCUT2D eigenvalue weighted by molar-refractivity contribution is 4.96. The average molecular weight is 138 g/mol. The minimum absolute atomic E-state index is 0.937. The van der Waals surface area contributed by atoms with Crippen LogP contribution in [0, 0.1) is 23.7 Å². The quantitative estimate of drug-likeness (QED) is 0.550. The Bertz CT molecular complexity index is 126. The van der Waals surface area contributed by atoms with Gasteiger partial charge in [-0.1, -0.05) is 13.8 Å². The van der Waals surface area contributed by atoms with E-state index in [9.17, 15) is 0 Å². The Labute approximate surface area is 64.0 Å². The molecular formula is C10H18. The molecule has 0 aromatic heterocycles. The lowest BCUT2D eigenvalue weighted by molar-refractivity contribution is -0.0354. The first kappa shape index (κ1) is 6.69. The minimum Gasteiger partial charge on any atom is -0.0628 e. The molecule has 0 radical (unpaired) electrons. The molecule has 0 amide bonds. The van der Waals surface area contributed by atoms with Crippen LogP contribution < -0.4 is 0 Å². The Morgan fingerprint density at radius 2 is 2.10 bits per heavy atom. The van der Waals surface area contributed by atoms with Crippen LogP contribution in [-0.2, 0) is 0 Å². The van der Waals surface area contributed by atoms with Gasteiger partial charge < -0.3 is 0 Å². The van der Waals surface area contributed by atoms with Crippen LogP contribution in [0.1, 0.15) is 39.5 Å². The Kier molecular flexibility index (Phi) is 1.51. The smallest absolute Gasteiger partial charge is 0.0357 e. The summed E-state index contributed by atoms with van der Waals surface area (Å²) in [5, 5.41) is 0. The van der Waals surface area contributed by atoms with E-state index in [0.29, 0.717) is 0 Å². The Morgan fingerprint density at radius 1 is 1.30 bits per heavy atom. The third-order valence-corrected chi connectivity index (χ3v) is 3.46. The Balaban J connectivity index is 1.76. The van der Waals surface area contributed by atoms with Crippen LogP contribution in [0.25, 0.3) is 0 Å². The maximum absolute atomic E-state index is 2.35. The lowest BCUT2D eigenvalue weighted by atomic mass is 9.52. The summed E-state index contributed by atoms with van der Waals surface area (Å²) in [4.78, 5) is 0. The van der Waals surface area contributed by atoms with E-state index in [4.69, 9.17) is 0 Å². The van der Waals surface area contributed by atoms with Gasteiger partial charge in [0.15, 0.2) is 0 Å². The van der Waals surface area contributed by atoms with E-state index in [1.807, 2.05) is 0 Å². The van der Waals surface area contributed by atoms with Crippen LogP contribution >= 0.6 is 0 Å². The topological polar surface area (TPSA) is 0 Å². The number of rotatable bonds is 2. The van der Waals surface area contributed by atoms with Gasteiger partial charge in [0, 0.05) is 0 Å². The van der Waals surface area contributed by atoms with Crippen molar-refractivity contribution in [1.29, 1.82) is 0 Å². The van der Waals surface area contributed by atoms with Gasteiger partial charge >= 0.3 is 0 Å². The van der Waals surface area contributed by atoms with Crippen LogP contribution in [0.15, 0.2) is 0 Å². The molecule has 0 nitrogen and oxygen atoms in total. The van der Waals surface area contributed by atoms with E-state index < -0.39 is 0 Å². The van der Waals surface area contributed by atoms with E-state index in [2.05, 4.69) is 13.8 Å². The van der Waals surface area contributed by atoms with E-state index in [1.165, 1.54) is 18.3 Å². The van der Waals surface area contributed by atoms with Crippen molar-refractivity contribution in [3.05, 3.63) is 0 Å². The highest BCUT2D eigenvalue weighted by atomic mass is 14.5. The first-order valence-electron chi connectivity index (χ1n) is 4.77. The van der Waals surface area contributed by atoms with Crippen molar-refractivity contribution in [3.8, 4) is 0 Å². The highest BCUT2D eigenvalue weighted by Crippen LogP contribution is 2.56. The molecule has 0 heteroatoms. The molecule has 0 N–H and O–H groups in total. The molecule has 0 saturated heterocycles. The van der Waals surface area contributed by atoms with Crippen molar-refractivity contribution in [3.63, 3.8) is 0 Å². The SMILES string of the molecule is CC(C)CC1CC2CCC21. The fraction of sp³-hybridized carbons (Fsp3) is 1.00. The molecule has 10 heavy (non-hydrogen) atoms. The number of hydrogen-bond acceptors (Lipinski definition) is 0. The van der Waals surface area contributed by atoms with Crippen LogP contribution in [0.3, 0.4) is 0 Å². The second kappa shape index (κ2) is 2.25. The van der Waals surface area contributed by atoms with Gasteiger partial charge in [0.05, 0.1) is 0 Å². The van der Waals surface area contributed by atoms with Gasteiger partial charge in [0.2, 0.25) is 0 Å². The molecule has 3 unspecified atom stereocenters. The summed E-state index contributed by atoms with van der Waals surface area (Å²) in [6.07, 6.45) is 6.19. The molecule has 2 aliphatic carbocycles. The van der Waals surface area contributed by atoms with Gasteiger partial charge in [-0.2, -0.15) is 0 Å². The first-order chi connectivity index (χ1) is 4.77. The van der Waals surface area contributed by atoms with Crippen LogP contribution in [0.5, 0.6) is 0 Å². The Hall–Kier alpha value is 0. The van der Waals surface area contributed by atoms with E-state index in [-0.39, 0.29) is 0 Å². The van der Waals surface area contributed by atoms with Gasteiger partial charge in [0.25, 0.3) is 0 Å². The molecule has 2 fully saturated rings. The van der Waals surface area contributed by atoms with Crippen molar-refractivity contribution in [2.24, 2.45) is 23.7 Å². The van der Waals surface area contributed by atoms with E-state index >= 15 is 0 Å². The summed E-state index contributed by atoms with van der Waals surface area (Å²) < 4.78 is 0. The Morgan fingerprint density at radius 3 is 2.40 bits per heavy atom. The third-order valence-electron chi connectivity index (χ3n) is 3.46. The summed E-state index contributed by atoms with van der Waals surface area (Å²) in [6, 6.07) is 0. The van der Waals surface area contributed by atoms with E-state index in [0.717, 1.165) is 11.8 Å². The van der Waals surface area contributed by atoms with Crippen molar-refractivity contribution in [2.45, 2.75) is 39.5 Å². The molecule has 3 atom stereocenters. The predicted molar refractivity (Wildman–Crippen MR) is 43.8 cm³/mol. The van der Waals surface area contributed by atoms with Crippen molar-refractivity contribution < 1.29 is 0 Å². The summed E-state index contributed by atoms with van der Waals surface area (Å²) in [6.45, 7) is 4.71. The standard InChI is InChI=1S/C10H18/c1-7(2)5-9-6-8-3-4-10(8)9/h7-10H,3-6H2,1-2H3. The molecular weight excluding hydrogens is 120 g/mol. The molecule has 0 spiro atoms. The lowest BCUT2D eigenvalue weighted by Gasteiger charge is -2.54. The molecule has 0 aromatic carbocycles. The van der Waals surface area contributed by atoms with Crippen molar-refractivity contribution >= 4 is 0 Å². The fourth-order valence-corrected chi connectivity index (χ4v) is 2.75. The van der Waals surface area contributed by atoms with E-state index in [1.54, 1.807) is 19.3 Å².